The number of aromatic nitrogens is 2. The van der Waals surface area contributed by atoms with Crippen LogP contribution < -0.4 is 5.56 Å². The van der Waals surface area contributed by atoms with Gasteiger partial charge >= 0.3 is 0 Å². The minimum Gasteiger partial charge on any atom is -0.396 e. The van der Waals surface area contributed by atoms with E-state index in [0.29, 0.717) is 15.4 Å². The van der Waals surface area contributed by atoms with Crippen molar-refractivity contribution in [1.29, 1.82) is 0 Å². The number of hydrogen-bond donors (Lipinski definition) is 3. The van der Waals surface area contributed by atoms with Crippen LogP contribution in [0.15, 0.2) is 9.69 Å². The lowest BCUT2D eigenvalue weighted by atomic mass is 10.4. The molecule has 0 aliphatic heterocycles. The van der Waals surface area contributed by atoms with E-state index in [2.05, 4.69) is 9.97 Å². The van der Waals surface area contributed by atoms with Crippen LogP contribution in [0.2, 0.25) is 0 Å². The molecule has 0 aromatic carbocycles. The molecule has 0 spiro atoms. The molecule has 4 nitrogen and oxygen atoms in total. The van der Waals surface area contributed by atoms with Crippen molar-refractivity contribution in [2.24, 2.45) is 0 Å². The number of thioether (sulfide) groups is 1. The van der Waals surface area contributed by atoms with Crippen LogP contribution in [0.3, 0.4) is 0 Å². The quantitative estimate of drug-likeness (QED) is 0.519. The summed E-state index contributed by atoms with van der Waals surface area (Å²) in [5, 5.41) is 8.60. The van der Waals surface area contributed by atoms with Gasteiger partial charge in [0.2, 0.25) is 0 Å². The van der Waals surface area contributed by atoms with Gasteiger partial charge in [0.05, 0.1) is 11.5 Å². The van der Waals surface area contributed by atoms with Gasteiger partial charge in [0, 0.05) is 11.4 Å². The second-order valence-electron chi connectivity index (χ2n) is 2.43. The molecule has 0 amide bonds. The van der Waals surface area contributed by atoms with E-state index in [1.54, 1.807) is 6.92 Å². The van der Waals surface area contributed by atoms with Gasteiger partial charge < -0.3 is 10.1 Å². The number of aliphatic hydroxyl groups is 1. The maximum atomic E-state index is 11.3. The van der Waals surface area contributed by atoms with E-state index < -0.39 is 0 Å². The zero-order valence-electron chi connectivity index (χ0n) is 7.09. The lowest BCUT2D eigenvalue weighted by Crippen LogP contribution is -2.12. The van der Waals surface area contributed by atoms with Crippen molar-refractivity contribution in [3.8, 4) is 0 Å². The largest absolute Gasteiger partial charge is 0.396 e. The van der Waals surface area contributed by atoms with Crippen LogP contribution in [0, 0.1) is 11.7 Å². The van der Waals surface area contributed by atoms with E-state index in [0.717, 1.165) is 5.69 Å². The fraction of sp³-hybridized carbons (Fsp3) is 0.429. The molecule has 1 aromatic rings. The van der Waals surface area contributed by atoms with E-state index >= 15 is 0 Å². The van der Waals surface area contributed by atoms with Crippen LogP contribution in [0.5, 0.6) is 0 Å². The van der Waals surface area contributed by atoms with Gasteiger partial charge in [-0.3, -0.25) is 9.78 Å². The molecule has 1 rings (SSSR count). The summed E-state index contributed by atoms with van der Waals surface area (Å²) in [6, 6.07) is 0. The van der Waals surface area contributed by atoms with E-state index in [9.17, 15) is 4.79 Å². The summed E-state index contributed by atoms with van der Waals surface area (Å²) in [6.07, 6.45) is 0. The standard InChI is InChI=1S/C7H10N2O2S2/c1-4-5(13-3-2-10)6(11)9-7(12)8-4/h10H,2-3H2,1H3,(H2,8,9,11,12). The Hall–Kier alpha value is -0.590. The lowest BCUT2D eigenvalue weighted by molar-refractivity contribution is 0.322. The molecular formula is C7H10N2O2S2. The van der Waals surface area contributed by atoms with E-state index in [-0.39, 0.29) is 12.2 Å². The van der Waals surface area contributed by atoms with Crippen LogP contribution in [0.4, 0.5) is 0 Å². The second kappa shape index (κ2) is 4.59. The first-order valence-corrected chi connectivity index (χ1v) is 5.11. The molecule has 72 valence electrons. The summed E-state index contributed by atoms with van der Waals surface area (Å²) in [5.41, 5.74) is 0.548. The number of H-pyrrole nitrogens is 2. The van der Waals surface area contributed by atoms with E-state index in [1.807, 2.05) is 0 Å². The van der Waals surface area contributed by atoms with Crippen LogP contribution in [0.25, 0.3) is 0 Å². The average Bonchev–Trinajstić information content (AvgIpc) is 2.02. The van der Waals surface area contributed by atoms with Crippen molar-refractivity contribution in [2.45, 2.75) is 11.8 Å². The smallest absolute Gasteiger partial charge is 0.265 e. The predicted molar refractivity (Wildman–Crippen MR) is 54.8 cm³/mol. The third-order valence-corrected chi connectivity index (χ3v) is 2.78. The average molecular weight is 218 g/mol. The molecule has 0 atom stereocenters. The van der Waals surface area contributed by atoms with Crippen LogP contribution in [-0.4, -0.2) is 27.4 Å². The molecule has 6 heteroatoms. The first-order chi connectivity index (χ1) is 6.15. The maximum absolute atomic E-state index is 11.3. The summed E-state index contributed by atoms with van der Waals surface area (Å²) < 4.78 is 0.329. The second-order valence-corrected chi connectivity index (χ2v) is 3.95. The Labute approximate surface area is 84.4 Å². The van der Waals surface area contributed by atoms with Gasteiger partial charge in [-0.2, -0.15) is 0 Å². The highest BCUT2D eigenvalue weighted by molar-refractivity contribution is 7.99. The number of hydrogen-bond acceptors (Lipinski definition) is 4. The third kappa shape index (κ3) is 2.68. The predicted octanol–water partition coefficient (Wildman–Crippen LogP) is 0.825. The Morgan fingerprint density at radius 1 is 1.54 bits per heavy atom. The Morgan fingerprint density at radius 3 is 2.77 bits per heavy atom. The molecule has 0 unspecified atom stereocenters. The molecule has 0 bridgehead atoms. The number of aryl methyl sites for hydroxylation is 1. The summed E-state index contributed by atoms with van der Waals surface area (Å²) in [6.45, 7) is 1.84. The fourth-order valence-corrected chi connectivity index (χ4v) is 1.90. The van der Waals surface area contributed by atoms with Gasteiger partial charge in [-0.15, -0.1) is 11.8 Å². The fourth-order valence-electron chi connectivity index (χ4n) is 0.910. The maximum Gasteiger partial charge on any atom is 0.265 e. The highest BCUT2D eigenvalue weighted by Crippen LogP contribution is 2.14. The van der Waals surface area contributed by atoms with Crippen LogP contribution >= 0.6 is 24.0 Å². The number of aliphatic hydroxyl groups excluding tert-OH is 1. The number of rotatable bonds is 3. The highest BCUT2D eigenvalue weighted by Gasteiger charge is 2.03. The number of nitrogens with one attached hydrogen (secondary N) is 2. The molecular weight excluding hydrogens is 208 g/mol. The highest BCUT2D eigenvalue weighted by atomic mass is 32.2. The van der Waals surface area contributed by atoms with Crippen molar-refractivity contribution in [2.75, 3.05) is 12.4 Å². The topological polar surface area (TPSA) is 68.9 Å². The Morgan fingerprint density at radius 2 is 2.23 bits per heavy atom. The zero-order chi connectivity index (χ0) is 9.84. The molecule has 1 aromatic heterocycles. The molecule has 13 heavy (non-hydrogen) atoms. The molecule has 3 N–H and O–H groups in total. The van der Waals surface area contributed by atoms with Gasteiger partial charge in [0.15, 0.2) is 4.77 Å². The van der Waals surface area contributed by atoms with Crippen LogP contribution in [-0.2, 0) is 0 Å². The Balaban J connectivity index is 3.07. The molecule has 1 heterocycles. The molecule has 0 aliphatic carbocycles. The number of aromatic amines is 2. The molecule has 0 saturated heterocycles. The molecule has 0 aliphatic rings. The lowest BCUT2D eigenvalue weighted by Gasteiger charge is -2.01. The van der Waals surface area contributed by atoms with Gasteiger partial charge in [0.25, 0.3) is 5.56 Å². The molecule has 0 saturated carbocycles. The summed E-state index contributed by atoms with van der Waals surface area (Å²) in [4.78, 5) is 17.2. The van der Waals surface area contributed by atoms with Crippen LogP contribution in [0.1, 0.15) is 5.69 Å². The van der Waals surface area contributed by atoms with Crippen molar-refractivity contribution in [3.63, 3.8) is 0 Å². The van der Waals surface area contributed by atoms with Crippen molar-refractivity contribution >= 4 is 24.0 Å². The van der Waals surface area contributed by atoms with Crippen molar-refractivity contribution in [3.05, 3.63) is 20.8 Å². The third-order valence-electron chi connectivity index (χ3n) is 1.41. The van der Waals surface area contributed by atoms with Gasteiger partial charge in [-0.1, -0.05) is 0 Å². The summed E-state index contributed by atoms with van der Waals surface area (Å²) in [7, 11) is 0. The van der Waals surface area contributed by atoms with Gasteiger partial charge in [-0.25, -0.2) is 0 Å². The van der Waals surface area contributed by atoms with Gasteiger partial charge in [-0.05, 0) is 19.1 Å². The van der Waals surface area contributed by atoms with Gasteiger partial charge in [0.1, 0.15) is 0 Å². The Kier molecular flexibility index (Phi) is 3.71. The Bertz CT molecular complexity index is 396. The molecule has 0 radical (unpaired) electrons. The minimum absolute atomic E-state index is 0.0547. The van der Waals surface area contributed by atoms with E-state index in [1.165, 1.54) is 11.8 Å². The van der Waals surface area contributed by atoms with Crippen molar-refractivity contribution in [1.82, 2.24) is 9.97 Å². The first kappa shape index (κ1) is 10.5. The summed E-state index contributed by atoms with van der Waals surface area (Å²) in [5.74, 6) is 0.508. The molecule has 0 fully saturated rings. The van der Waals surface area contributed by atoms with E-state index in [4.69, 9.17) is 17.3 Å². The zero-order valence-corrected chi connectivity index (χ0v) is 8.72. The summed E-state index contributed by atoms with van der Waals surface area (Å²) >= 11 is 6.10. The minimum atomic E-state index is -0.195. The SMILES string of the molecule is Cc1[nH]c(=S)[nH]c(=O)c1SCCO. The normalized spacial score (nSPS) is 10.3. The first-order valence-electron chi connectivity index (χ1n) is 3.72. The van der Waals surface area contributed by atoms with Crippen molar-refractivity contribution < 1.29 is 5.11 Å². The monoisotopic (exact) mass is 218 g/mol.